The van der Waals surface area contributed by atoms with Gasteiger partial charge in [0, 0.05) is 42.7 Å². The molecule has 3 atom stereocenters. The predicted molar refractivity (Wildman–Crippen MR) is 163 cm³/mol. The minimum Gasteiger partial charge on any atom is -0.488 e. The zero-order valence-corrected chi connectivity index (χ0v) is 24.7. The lowest BCUT2D eigenvalue weighted by Gasteiger charge is -2.34. The number of aliphatic hydroxyl groups excluding tert-OH is 1. The molecule has 2 aliphatic rings. The minimum absolute atomic E-state index is 0.00671. The fourth-order valence-corrected chi connectivity index (χ4v) is 5.29. The third-order valence-corrected chi connectivity index (χ3v) is 7.98. The summed E-state index contributed by atoms with van der Waals surface area (Å²) >= 11 is 0. The maximum Gasteiger partial charge on any atom is 0.227 e. The number of hydrogen-bond donors (Lipinski definition) is 2. The number of likely N-dealkylation sites (N-methyl/N-ethyl adjacent to an activating group) is 1. The number of carbonyl (C=O) groups excluding carboxylic acids is 2. The van der Waals surface area contributed by atoms with Gasteiger partial charge in [0.25, 0.3) is 0 Å². The van der Waals surface area contributed by atoms with E-state index in [4.69, 9.17) is 9.47 Å². The summed E-state index contributed by atoms with van der Waals surface area (Å²) in [6.45, 7) is 5.67. The van der Waals surface area contributed by atoms with Crippen LogP contribution in [0.4, 0.5) is 5.69 Å². The summed E-state index contributed by atoms with van der Waals surface area (Å²) in [4.78, 5) is 29.8. The van der Waals surface area contributed by atoms with E-state index in [9.17, 15) is 14.7 Å². The lowest BCUT2D eigenvalue weighted by atomic mass is 10.0. The molecule has 8 nitrogen and oxygen atoms in total. The fourth-order valence-electron chi connectivity index (χ4n) is 5.29. The van der Waals surface area contributed by atoms with Crippen LogP contribution in [0, 0.1) is 11.8 Å². The van der Waals surface area contributed by atoms with Gasteiger partial charge in [-0.2, -0.15) is 0 Å². The molecule has 0 unspecified atom stereocenters. The number of amides is 2. The van der Waals surface area contributed by atoms with Gasteiger partial charge in [0.2, 0.25) is 11.8 Å². The third kappa shape index (κ3) is 7.69. The third-order valence-electron chi connectivity index (χ3n) is 7.98. The fraction of sp³-hybridized carbons (Fsp3) is 0.412. The van der Waals surface area contributed by atoms with Crippen molar-refractivity contribution in [2.45, 2.75) is 51.8 Å². The Morgan fingerprint density at radius 2 is 1.81 bits per heavy atom. The molecule has 2 amide bonds. The summed E-state index contributed by atoms with van der Waals surface area (Å²) in [5, 5.41) is 12.9. The molecule has 42 heavy (non-hydrogen) atoms. The first-order valence-corrected chi connectivity index (χ1v) is 14.8. The largest absolute Gasteiger partial charge is 0.488 e. The molecule has 3 aromatic carbocycles. The molecule has 5 rings (SSSR count). The van der Waals surface area contributed by atoms with E-state index < -0.39 is 0 Å². The molecule has 1 aliphatic carbocycles. The summed E-state index contributed by atoms with van der Waals surface area (Å²) < 4.78 is 12.6. The highest BCUT2D eigenvalue weighted by molar-refractivity contribution is 5.94. The first-order chi connectivity index (χ1) is 20.3. The van der Waals surface area contributed by atoms with Crippen molar-refractivity contribution in [2.75, 3.05) is 32.1 Å². The van der Waals surface area contributed by atoms with E-state index in [0.717, 1.165) is 35.5 Å². The molecule has 0 spiro atoms. The lowest BCUT2D eigenvalue weighted by molar-refractivity contribution is -0.134. The number of carbonyl (C=O) groups is 2. The van der Waals surface area contributed by atoms with Gasteiger partial charge in [-0.15, -0.1) is 0 Å². The van der Waals surface area contributed by atoms with E-state index in [0.29, 0.717) is 31.1 Å². The highest BCUT2D eigenvalue weighted by atomic mass is 16.5. The van der Waals surface area contributed by atoms with Gasteiger partial charge >= 0.3 is 0 Å². The van der Waals surface area contributed by atoms with Crippen molar-refractivity contribution >= 4 is 17.5 Å². The number of benzene rings is 3. The van der Waals surface area contributed by atoms with Crippen LogP contribution in [0.3, 0.4) is 0 Å². The number of fused-ring (bicyclic) bond motifs is 1. The van der Waals surface area contributed by atoms with Gasteiger partial charge in [0.15, 0.2) is 0 Å². The van der Waals surface area contributed by atoms with E-state index in [2.05, 4.69) is 36.3 Å². The van der Waals surface area contributed by atoms with E-state index in [1.54, 1.807) is 4.90 Å². The van der Waals surface area contributed by atoms with Crippen LogP contribution in [0.2, 0.25) is 0 Å². The topological polar surface area (TPSA) is 91.3 Å². The second kappa shape index (κ2) is 13.4. The van der Waals surface area contributed by atoms with Crippen LogP contribution in [0.15, 0.2) is 72.8 Å². The number of nitrogens with zero attached hydrogens (tertiary/aromatic N) is 2. The molecule has 1 heterocycles. The first-order valence-electron chi connectivity index (χ1n) is 14.8. The highest BCUT2D eigenvalue weighted by Gasteiger charge is 2.32. The van der Waals surface area contributed by atoms with Gasteiger partial charge in [-0.25, -0.2) is 0 Å². The van der Waals surface area contributed by atoms with Crippen molar-refractivity contribution in [2.24, 2.45) is 11.8 Å². The average Bonchev–Trinajstić information content (AvgIpc) is 3.83. The number of ether oxygens (including phenoxy) is 2. The quantitative estimate of drug-likeness (QED) is 0.352. The van der Waals surface area contributed by atoms with Gasteiger partial charge in [-0.3, -0.25) is 14.5 Å². The number of aliphatic hydroxyl groups is 1. The Labute approximate surface area is 248 Å². The van der Waals surface area contributed by atoms with Gasteiger partial charge in [0.05, 0.1) is 19.1 Å². The van der Waals surface area contributed by atoms with Gasteiger partial charge in [0.1, 0.15) is 23.4 Å². The zero-order chi connectivity index (χ0) is 29.6. The Morgan fingerprint density at radius 1 is 1.10 bits per heavy atom. The smallest absolute Gasteiger partial charge is 0.227 e. The van der Waals surface area contributed by atoms with Crippen LogP contribution in [0.25, 0.3) is 0 Å². The van der Waals surface area contributed by atoms with Gasteiger partial charge < -0.3 is 24.8 Å². The second-order valence-corrected chi connectivity index (χ2v) is 11.7. The molecule has 3 aromatic rings. The van der Waals surface area contributed by atoms with E-state index in [1.807, 2.05) is 67.6 Å². The summed E-state index contributed by atoms with van der Waals surface area (Å²) in [6.07, 6.45) is 1.77. The monoisotopic (exact) mass is 571 g/mol. The van der Waals surface area contributed by atoms with Crippen molar-refractivity contribution in [1.82, 2.24) is 9.80 Å². The summed E-state index contributed by atoms with van der Waals surface area (Å²) in [7, 11) is 2.06. The lowest BCUT2D eigenvalue weighted by Crippen LogP contribution is -2.47. The number of anilines is 1. The first kappa shape index (κ1) is 29.6. The van der Waals surface area contributed by atoms with Crippen LogP contribution in [-0.2, 0) is 22.6 Å². The maximum absolute atomic E-state index is 13.4. The Balaban J connectivity index is 1.30. The molecule has 0 bridgehead atoms. The number of hydrogen-bond acceptors (Lipinski definition) is 6. The Morgan fingerprint density at radius 3 is 2.50 bits per heavy atom. The summed E-state index contributed by atoms with van der Waals surface area (Å²) in [5.74, 6) is 2.29. The minimum atomic E-state index is -0.311. The second-order valence-electron chi connectivity index (χ2n) is 11.7. The molecule has 1 saturated carbocycles. The number of nitrogens with one attached hydrogen (secondary N) is 1. The normalized spacial score (nSPS) is 19.6. The average molecular weight is 572 g/mol. The molecule has 222 valence electrons. The summed E-state index contributed by atoms with van der Waals surface area (Å²) in [6, 6.07) is 23.1. The Hall–Kier alpha value is -3.88. The van der Waals surface area contributed by atoms with Crippen molar-refractivity contribution in [1.29, 1.82) is 0 Å². The molecule has 0 saturated heterocycles. The van der Waals surface area contributed by atoms with Crippen LogP contribution in [0.5, 0.6) is 17.2 Å². The van der Waals surface area contributed by atoms with Crippen molar-refractivity contribution < 1.29 is 24.2 Å². The summed E-state index contributed by atoms with van der Waals surface area (Å²) in [5.41, 5.74) is 2.56. The van der Waals surface area contributed by atoms with Crippen molar-refractivity contribution in [3.63, 3.8) is 0 Å². The maximum atomic E-state index is 13.4. The molecule has 8 heteroatoms. The molecule has 2 N–H and O–H groups in total. The molecular formula is C34H41N3O5. The molecule has 1 aliphatic heterocycles. The standard InChI is InChI=1S/C34H41N3O5/c1-23-19-37(24(2)22-38)33(39)18-27-17-28(35-34(40)26-11-12-26)13-16-31(27)42-32(23)21-36(3)20-25-9-14-30(15-10-25)41-29-7-5-4-6-8-29/h4-10,13-17,23-24,26,32,38H,11-12,18-22H2,1-3H3,(H,35,40)/t23-,24+,32+/m0/s1. The van der Waals surface area contributed by atoms with Crippen LogP contribution >= 0.6 is 0 Å². The molecule has 0 radical (unpaired) electrons. The van der Waals surface area contributed by atoms with Crippen LogP contribution in [-0.4, -0.2) is 65.6 Å². The Bertz CT molecular complexity index is 1360. The van der Waals surface area contributed by atoms with Crippen molar-refractivity contribution in [3.8, 4) is 17.2 Å². The number of para-hydroxylation sites is 1. The zero-order valence-electron chi connectivity index (χ0n) is 24.7. The SMILES string of the molecule is C[C@H](CO)N1C[C@H](C)[C@@H](CN(C)Cc2ccc(Oc3ccccc3)cc2)Oc2ccc(NC(=O)C3CC3)cc2CC1=O. The van der Waals surface area contributed by atoms with Crippen molar-refractivity contribution in [3.05, 3.63) is 83.9 Å². The highest BCUT2D eigenvalue weighted by Crippen LogP contribution is 2.33. The molecule has 1 fully saturated rings. The van der Waals surface area contributed by atoms with Crippen LogP contribution in [0.1, 0.15) is 37.8 Å². The van der Waals surface area contributed by atoms with Gasteiger partial charge in [-0.1, -0.05) is 37.3 Å². The van der Waals surface area contributed by atoms with Crippen LogP contribution < -0.4 is 14.8 Å². The van der Waals surface area contributed by atoms with Gasteiger partial charge in [-0.05, 0) is 74.8 Å². The molecular weight excluding hydrogens is 530 g/mol. The molecule has 0 aromatic heterocycles. The Kier molecular flexibility index (Phi) is 9.45. The number of rotatable bonds is 10. The van der Waals surface area contributed by atoms with E-state index in [1.165, 1.54) is 0 Å². The van der Waals surface area contributed by atoms with E-state index >= 15 is 0 Å². The van der Waals surface area contributed by atoms with E-state index in [-0.39, 0.29) is 48.8 Å². The predicted octanol–water partition coefficient (Wildman–Crippen LogP) is 5.11.